The first-order valence-corrected chi connectivity index (χ1v) is 12.2. The highest BCUT2D eigenvalue weighted by atomic mass is 35.5. The van der Waals surface area contributed by atoms with Gasteiger partial charge in [-0.05, 0) is 51.2 Å². The van der Waals surface area contributed by atoms with Crippen molar-refractivity contribution in [2.45, 2.75) is 63.8 Å². The van der Waals surface area contributed by atoms with E-state index in [4.69, 9.17) is 27.7 Å². The van der Waals surface area contributed by atoms with Gasteiger partial charge >= 0.3 is 0 Å². The maximum atomic E-state index is 14.9. The molecule has 3 aromatic heterocycles. The predicted molar refractivity (Wildman–Crippen MR) is 131 cm³/mol. The van der Waals surface area contributed by atoms with Gasteiger partial charge in [-0.25, -0.2) is 4.98 Å². The van der Waals surface area contributed by atoms with Gasteiger partial charge in [-0.3, -0.25) is 14.7 Å². The molecule has 1 atom stereocenters. The Morgan fingerprint density at radius 1 is 1.17 bits per heavy atom. The Hall–Kier alpha value is -2.98. The molecule has 3 aromatic rings. The summed E-state index contributed by atoms with van der Waals surface area (Å²) in [5.74, 6) is -1.79. The molecule has 9 nitrogen and oxygen atoms in total. The van der Waals surface area contributed by atoms with Crippen molar-refractivity contribution in [1.82, 2.24) is 25.7 Å². The quantitative estimate of drug-likeness (QED) is 0.245. The number of aryl methyl sites for hydroxylation is 3. The summed E-state index contributed by atoms with van der Waals surface area (Å²) in [6.07, 6.45) is 3.50. The van der Waals surface area contributed by atoms with Crippen molar-refractivity contribution in [3.63, 3.8) is 0 Å². The number of hydrogen-bond donors (Lipinski definition) is 3. The number of hydrogen-bond acceptors (Lipinski definition) is 6. The lowest BCUT2D eigenvalue weighted by molar-refractivity contribution is -0.118. The fourth-order valence-corrected chi connectivity index (χ4v) is 3.99. The number of pyridine rings is 1. The highest BCUT2D eigenvalue weighted by Crippen LogP contribution is 2.28. The minimum absolute atomic E-state index is 0.0153. The topological polar surface area (TPSA) is 126 Å². The first-order valence-electron chi connectivity index (χ1n) is 11.3. The third-order valence-electron chi connectivity index (χ3n) is 5.49. The number of amides is 2. The fourth-order valence-electron chi connectivity index (χ4n) is 3.68. The van der Waals surface area contributed by atoms with Crippen LogP contribution in [0.4, 0.5) is 10.2 Å². The van der Waals surface area contributed by atoms with E-state index in [9.17, 15) is 14.0 Å². The van der Waals surface area contributed by atoms with Crippen molar-refractivity contribution < 1.29 is 18.5 Å². The number of aromatic amines is 1. The van der Waals surface area contributed by atoms with Crippen molar-refractivity contribution in [2.24, 2.45) is 0 Å². The normalized spacial score (nSPS) is 12.1. The van der Waals surface area contributed by atoms with Gasteiger partial charge in [0, 0.05) is 16.8 Å². The van der Waals surface area contributed by atoms with E-state index >= 15 is 0 Å². The molecule has 2 amide bonds. The van der Waals surface area contributed by atoms with Gasteiger partial charge in [0.25, 0.3) is 5.91 Å². The van der Waals surface area contributed by atoms with E-state index in [2.05, 4.69) is 31.0 Å². The summed E-state index contributed by atoms with van der Waals surface area (Å²) in [7, 11) is 0. The number of rotatable bonds is 11. The van der Waals surface area contributed by atoms with E-state index in [1.807, 2.05) is 13.8 Å². The van der Waals surface area contributed by atoms with Gasteiger partial charge in [-0.1, -0.05) is 19.0 Å². The van der Waals surface area contributed by atoms with Gasteiger partial charge in [-0.2, -0.15) is 9.49 Å². The largest absolute Gasteiger partial charge is 0.364 e. The molecule has 0 aliphatic heterocycles. The van der Waals surface area contributed by atoms with Crippen LogP contribution in [-0.4, -0.2) is 43.0 Å². The zero-order valence-electron chi connectivity index (χ0n) is 19.6. The second-order valence-electron chi connectivity index (χ2n) is 7.92. The van der Waals surface area contributed by atoms with E-state index in [1.165, 1.54) is 12.3 Å². The molecule has 12 heteroatoms. The van der Waals surface area contributed by atoms with Crippen LogP contribution < -0.4 is 10.6 Å². The molecule has 0 saturated carbocycles. The summed E-state index contributed by atoms with van der Waals surface area (Å²) in [5.41, 5.74) is 3.10. The molecule has 3 N–H and O–H groups in total. The molecule has 0 radical (unpaired) electrons. The van der Waals surface area contributed by atoms with Crippen LogP contribution in [0.5, 0.6) is 0 Å². The molecule has 0 fully saturated rings. The second kappa shape index (κ2) is 12.1. The Balaban J connectivity index is 1.77. The summed E-state index contributed by atoms with van der Waals surface area (Å²) in [6.45, 7) is 5.56. The molecule has 0 aliphatic carbocycles. The number of nitrogens with zero attached hydrogens (tertiary/aromatic N) is 3. The van der Waals surface area contributed by atoms with Crippen LogP contribution in [0.15, 0.2) is 22.9 Å². The van der Waals surface area contributed by atoms with E-state index in [0.717, 1.165) is 11.4 Å². The summed E-state index contributed by atoms with van der Waals surface area (Å²) < 4.78 is 19.8. The lowest BCUT2D eigenvalue weighted by atomic mass is 10.0. The van der Waals surface area contributed by atoms with Gasteiger partial charge in [0.2, 0.25) is 11.9 Å². The standard InChI is InChI=1S/C23H27Cl2FN6O3/c1-4-15-14(11-35-32-15)22(33)27-17(7-6-8-18(24)25)23(34)29-19-10-9-13(21(26)28-19)20-12(3)30-31-16(20)5-2/h9-11,17-18H,4-8H2,1-3H3,(H,27,33)(H,30,31)(H,28,29,34). The monoisotopic (exact) mass is 524 g/mol. The third-order valence-corrected chi connectivity index (χ3v) is 5.92. The summed E-state index contributed by atoms with van der Waals surface area (Å²) >= 11 is 11.6. The molecular formula is C23H27Cl2FN6O3. The summed E-state index contributed by atoms with van der Waals surface area (Å²) in [6, 6.07) is 2.10. The smallest absolute Gasteiger partial charge is 0.257 e. The molecule has 35 heavy (non-hydrogen) atoms. The molecule has 0 bridgehead atoms. The molecule has 0 aliphatic rings. The molecule has 3 rings (SSSR count). The zero-order chi connectivity index (χ0) is 25.5. The van der Waals surface area contributed by atoms with E-state index < -0.39 is 28.6 Å². The molecule has 0 spiro atoms. The lowest BCUT2D eigenvalue weighted by Gasteiger charge is -2.18. The third kappa shape index (κ3) is 6.58. The number of carbonyl (C=O) groups is 2. The average Bonchev–Trinajstić information content (AvgIpc) is 3.44. The predicted octanol–water partition coefficient (Wildman–Crippen LogP) is 4.74. The summed E-state index contributed by atoms with van der Waals surface area (Å²) in [5, 5.41) is 16.1. The van der Waals surface area contributed by atoms with Crippen molar-refractivity contribution in [3.05, 3.63) is 47.0 Å². The Morgan fingerprint density at radius 2 is 1.91 bits per heavy atom. The highest BCUT2D eigenvalue weighted by molar-refractivity contribution is 6.44. The average molecular weight is 525 g/mol. The number of H-pyrrole nitrogens is 1. The van der Waals surface area contributed by atoms with Gasteiger partial charge in [0.1, 0.15) is 28.5 Å². The van der Waals surface area contributed by atoms with Crippen LogP contribution in [0.25, 0.3) is 11.1 Å². The summed E-state index contributed by atoms with van der Waals surface area (Å²) in [4.78, 5) is 29.1. The molecule has 1 unspecified atom stereocenters. The van der Waals surface area contributed by atoms with Crippen molar-refractivity contribution in [1.29, 1.82) is 0 Å². The molecular weight excluding hydrogens is 498 g/mol. The minimum Gasteiger partial charge on any atom is -0.364 e. The fraction of sp³-hybridized carbons (Fsp3) is 0.435. The van der Waals surface area contributed by atoms with Crippen LogP contribution in [0.3, 0.4) is 0 Å². The Bertz CT molecular complexity index is 1180. The number of alkyl halides is 2. The first kappa shape index (κ1) is 26.6. The Labute approximate surface area is 212 Å². The van der Waals surface area contributed by atoms with Crippen LogP contribution in [0.1, 0.15) is 60.5 Å². The molecule has 3 heterocycles. The van der Waals surface area contributed by atoms with Gasteiger partial charge < -0.3 is 15.2 Å². The number of anilines is 1. The SMILES string of the molecule is CCc1nocc1C(=O)NC(CCCC(Cl)Cl)C(=O)Nc1ccc(-c2c(CC)n[nH]c2C)c(F)n1. The number of nitrogens with one attached hydrogen (secondary N) is 3. The van der Waals surface area contributed by atoms with Crippen molar-refractivity contribution in [3.8, 4) is 11.1 Å². The van der Waals surface area contributed by atoms with Gasteiger partial charge in [-0.15, -0.1) is 23.2 Å². The van der Waals surface area contributed by atoms with E-state index in [0.29, 0.717) is 36.9 Å². The van der Waals surface area contributed by atoms with Crippen LogP contribution >= 0.6 is 23.2 Å². The van der Waals surface area contributed by atoms with Crippen LogP contribution in [-0.2, 0) is 17.6 Å². The Kier molecular flexibility index (Phi) is 9.22. The first-order chi connectivity index (χ1) is 16.7. The number of carbonyl (C=O) groups excluding carboxylic acids is 2. The zero-order valence-corrected chi connectivity index (χ0v) is 21.1. The van der Waals surface area contributed by atoms with Crippen LogP contribution in [0.2, 0.25) is 0 Å². The van der Waals surface area contributed by atoms with Crippen LogP contribution in [0, 0.1) is 12.9 Å². The van der Waals surface area contributed by atoms with E-state index in [-0.39, 0.29) is 23.4 Å². The molecule has 0 saturated heterocycles. The highest BCUT2D eigenvalue weighted by Gasteiger charge is 2.25. The Morgan fingerprint density at radius 3 is 2.57 bits per heavy atom. The maximum Gasteiger partial charge on any atom is 0.257 e. The van der Waals surface area contributed by atoms with Gasteiger partial charge in [0.15, 0.2) is 0 Å². The number of halogens is 3. The van der Waals surface area contributed by atoms with E-state index in [1.54, 1.807) is 13.0 Å². The molecule has 188 valence electrons. The minimum atomic E-state index is -0.943. The van der Waals surface area contributed by atoms with Crippen molar-refractivity contribution >= 4 is 40.8 Å². The lowest BCUT2D eigenvalue weighted by Crippen LogP contribution is -2.44. The molecule has 0 aromatic carbocycles. The van der Waals surface area contributed by atoms with Gasteiger partial charge in [0.05, 0.1) is 11.4 Å². The maximum absolute atomic E-state index is 14.9. The number of aromatic nitrogens is 4. The van der Waals surface area contributed by atoms with Crippen molar-refractivity contribution in [2.75, 3.05) is 5.32 Å². The second-order valence-corrected chi connectivity index (χ2v) is 9.20.